The van der Waals surface area contributed by atoms with Gasteiger partial charge in [0.15, 0.2) is 5.60 Å². The second-order valence-corrected chi connectivity index (χ2v) is 11.7. The summed E-state index contributed by atoms with van der Waals surface area (Å²) in [6.45, 7) is 5.87. The quantitative estimate of drug-likeness (QED) is 0.0486. The molecule has 0 aromatic heterocycles. The molecular formula is C37H55NO8. The zero-order valence-corrected chi connectivity index (χ0v) is 28.3. The van der Waals surface area contributed by atoms with E-state index in [0.29, 0.717) is 42.8 Å². The van der Waals surface area contributed by atoms with Crippen molar-refractivity contribution in [3.63, 3.8) is 0 Å². The molecule has 9 nitrogen and oxygen atoms in total. The van der Waals surface area contributed by atoms with E-state index in [1.165, 1.54) is 32.4 Å². The Bertz CT molecular complexity index is 1150. The number of carboxylic acids is 1. The Morgan fingerprint density at radius 1 is 0.935 bits per heavy atom. The number of aliphatic hydroxyl groups is 1. The zero-order valence-electron chi connectivity index (χ0n) is 28.3. The van der Waals surface area contributed by atoms with Gasteiger partial charge in [-0.15, -0.1) is 5.92 Å². The number of ketones is 1. The lowest BCUT2D eigenvalue weighted by Gasteiger charge is -2.30. The summed E-state index contributed by atoms with van der Waals surface area (Å²) < 4.78 is 10.4. The molecule has 46 heavy (non-hydrogen) atoms. The number of amides is 1. The summed E-state index contributed by atoms with van der Waals surface area (Å²) in [4.78, 5) is 50.5. The van der Waals surface area contributed by atoms with Crippen molar-refractivity contribution < 1.29 is 38.9 Å². The highest BCUT2D eigenvalue weighted by Gasteiger charge is 2.46. The first kappa shape index (κ1) is 40.4. The number of unbranched alkanes of at least 4 members (excludes halogenated alkanes) is 8. The molecule has 0 saturated carbocycles. The monoisotopic (exact) mass is 641 g/mol. The minimum absolute atomic E-state index is 0.0878. The van der Waals surface area contributed by atoms with Gasteiger partial charge in [-0.05, 0) is 56.7 Å². The van der Waals surface area contributed by atoms with Crippen molar-refractivity contribution in [3.8, 4) is 17.6 Å². The number of benzene rings is 1. The molecule has 0 aliphatic rings. The molecule has 0 saturated heterocycles. The third kappa shape index (κ3) is 15.6. The van der Waals surface area contributed by atoms with E-state index in [9.17, 15) is 29.4 Å². The molecule has 1 aromatic carbocycles. The van der Waals surface area contributed by atoms with Crippen LogP contribution in [0.3, 0.4) is 0 Å². The molecule has 0 radical (unpaired) electrons. The Morgan fingerprint density at radius 2 is 1.57 bits per heavy atom. The van der Waals surface area contributed by atoms with Crippen LogP contribution < -0.4 is 10.1 Å². The summed E-state index contributed by atoms with van der Waals surface area (Å²) in [6, 6.07) is 5.86. The van der Waals surface area contributed by atoms with Gasteiger partial charge in [0, 0.05) is 19.3 Å². The first-order chi connectivity index (χ1) is 22.1. The number of esters is 1. The number of methoxy groups -OCH3 is 1. The highest BCUT2D eigenvalue weighted by atomic mass is 16.5. The molecule has 0 bridgehead atoms. The highest BCUT2D eigenvalue weighted by molar-refractivity contribution is 5.92. The Balaban J connectivity index is 2.82. The maximum Gasteiger partial charge on any atom is 0.336 e. The SMILES string of the molecule is CC#CCOc1ccc(C[C@H](NC(=O)[C@@H](/C=C/CCCCCCC(=O)CCCCCCC)[C@@](O)(CCC)C(=O)O)C(=O)OC)cc1. The molecular weight excluding hydrogens is 586 g/mol. The van der Waals surface area contributed by atoms with Crippen LogP contribution in [0.4, 0.5) is 0 Å². The number of carbonyl (C=O) groups is 4. The second-order valence-electron chi connectivity index (χ2n) is 11.7. The number of hydrogen-bond donors (Lipinski definition) is 3. The van der Waals surface area contributed by atoms with E-state index in [-0.39, 0.29) is 19.4 Å². The molecule has 9 heteroatoms. The molecule has 3 N–H and O–H groups in total. The Morgan fingerprint density at radius 3 is 2.13 bits per heavy atom. The van der Waals surface area contributed by atoms with E-state index in [1.54, 1.807) is 44.2 Å². The van der Waals surface area contributed by atoms with Crippen molar-refractivity contribution in [2.24, 2.45) is 5.92 Å². The number of carbonyl (C=O) groups excluding carboxylic acids is 3. The number of ether oxygens (including phenoxy) is 2. The summed E-state index contributed by atoms with van der Waals surface area (Å²) in [7, 11) is 1.21. The van der Waals surface area contributed by atoms with Gasteiger partial charge in [0.1, 0.15) is 24.2 Å². The normalized spacial score (nSPS) is 13.6. The average molecular weight is 642 g/mol. The lowest BCUT2D eigenvalue weighted by molar-refractivity contribution is -0.167. The van der Waals surface area contributed by atoms with Gasteiger partial charge in [-0.25, -0.2) is 9.59 Å². The van der Waals surface area contributed by atoms with Gasteiger partial charge < -0.3 is 25.0 Å². The number of nitrogens with one attached hydrogen (secondary N) is 1. The van der Waals surface area contributed by atoms with Crippen molar-refractivity contribution in [3.05, 3.63) is 42.0 Å². The number of carboxylic acid groups (broad SMARTS) is 1. The van der Waals surface area contributed by atoms with Gasteiger partial charge in [0.2, 0.25) is 5.91 Å². The fourth-order valence-electron chi connectivity index (χ4n) is 5.21. The van der Waals surface area contributed by atoms with Crippen LogP contribution in [0.15, 0.2) is 36.4 Å². The first-order valence-corrected chi connectivity index (χ1v) is 16.8. The highest BCUT2D eigenvalue weighted by Crippen LogP contribution is 2.27. The standard InChI is InChI=1S/C37H55NO8/c1-5-8-10-13-16-19-30(39)20-17-14-11-12-15-18-21-32(37(44,26-7-3)36(42)43)34(40)38-33(35(41)45-4)28-29-22-24-31(25-23-29)46-27-9-6-2/h18,21-25,32-33,44H,5,7-8,10-17,19-20,26-28H2,1-4H3,(H,38,40)(H,42,43)/b21-18+/t32-,33+,37+/m1/s1. The average Bonchev–Trinajstić information content (AvgIpc) is 3.04. The van der Waals surface area contributed by atoms with Gasteiger partial charge in [0.05, 0.1) is 13.0 Å². The summed E-state index contributed by atoms with van der Waals surface area (Å²) in [5, 5.41) is 23.8. The van der Waals surface area contributed by atoms with Gasteiger partial charge >= 0.3 is 11.9 Å². The minimum Gasteiger partial charge on any atom is -0.481 e. The van der Waals surface area contributed by atoms with Gasteiger partial charge in [-0.1, -0.05) is 89.0 Å². The van der Waals surface area contributed by atoms with Crippen LogP contribution in [0, 0.1) is 17.8 Å². The fraction of sp³-hybridized carbons (Fsp3) is 0.622. The second kappa shape index (κ2) is 23.7. The molecule has 1 rings (SSSR count). The van der Waals surface area contributed by atoms with Crippen LogP contribution in [0.25, 0.3) is 0 Å². The molecule has 0 aliphatic heterocycles. The summed E-state index contributed by atoms with van der Waals surface area (Å²) in [5.41, 5.74) is -1.64. The molecule has 0 unspecified atom stereocenters. The van der Waals surface area contributed by atoms with Crippen LogP contribution in [0.5, 0.6) is 5.75 Å². The van der Waals surface area contributed by atoms with E-state index >= 15 is 0 Å². The number of Topliss-reactive ketones (excluding diaryl/α,β-unsaturated/α-hetero) is 1. The number of allylic oxidation sites excluding steroid dienone is 1. The van der Waals surface area contributed by atoms with Crippen LogP contribution in [0.2, 0.25) is 0 Å². The minimum atomic E-state index is -2.35. The predicted octanol–water partition coefficient (Wildman–Crippen LogP) is 6.35. The van der Waals surface area contributed by atoms with Crippen molar-refractivity contribution in [1.82, 2.24) is 5.32 Å². The number of hydrogen-bond acceptors (Lipinski definition) is 7. The molecule has 0 spiro atoms. The van der Waals surface area contributed by atoms with Crippen molar-refractivity contribution in [2.45, 2.75) is 129 Å². The van der Waals surface area contributed by atoms with Crippen LogP contribution in [-0.2, 0) is 30.3 Å². The number of rotatable bonds is 25. The third-order valence-electron chi connectivity index (χ3n) is 7.92. The van der Waals surface area contributed by atoms with Gasteiger partial charge in [-0.2, -0.15) is 0 Å². The van der Waals surface area contributed by atoms with Crippen LogP contribution in [-0.4, -0.2) is 59.2 Å². The summed E-state index contributed by atoms with van der Waals surface area (Å²) in [5.74, 6) is 2.07. The maximum atomic E-state index is 13.5. The lowest BCUT2D eigenvalue weighted by Crippen LogP contribution is -2.54. The Labute approximate surface area is 275 Å². The topological polar surface area (TPSA) is 139 Å². The van der Waals surface area contributed by atoms with E-state index < -0.39 is 35.4 Å². The maximum absolute atomic E-state index is 13.5. The van der Waals surface area contributed by atoms with E-state index in [1.807, 2.05) is 0 Å². The van der Waals surface area contributed by atoms with E-state index in [4.69, 9.17) is 9.47 Å². The predicted molar refractivity (Wildman–Crippen MR) is 179 cm³/mol. The summed E-state index contributed by atoms with van der Waals surface area (Å²) in [6.07, 6.45) is 14.4. The fourth-order valence-corrected chi connectivity index (χ4v) is 5.21. The largest absolute Gasteiger partial charge is 0.481 e. The molecule has 0 aliphatic carbocycles. The third-order valence-corrected chi connectivity index (χ3v) is 7.92. The molecule has 0 heterocycles. The molecule has 256 valence electrons. The number of aliphatic carboxylic acids is 1. The lowest BCUT2D eigenvalue weighted by atomic mass is 9.82. The van der Waals surface area contributed by atoms with E-state index in [0.717, 1.165) is 38.5 Å². The van der Waals surface area contributed by atoms with Crippen LogP contribution in [0.1, 0.15) is 116 Å². The van der Waals surface area contributed by atoms with Crippen LogP contribution >= 0.6 is 0 Å². The molecule has 1 aromatic rings. The van der Waals surface area contributed by atoms with Crippen molar-refractivity contribution in [1.29, 1.82) is 0 Å². The van der Waals surface area contributed by atoms with Crippen molar-refractivity contribution >= 4 is 23.6 Å². The first-order valence-electron chi connectivity index (χ1n) is 16.8. The van der Waals surface area contributed by atoms with Gasteiger partial charge in [-0.3, -0.25) is 9.59 Å². The van der Waals surface area contributed by atoms with Gasteiger partial charge in [0.25, 0.3) is 0 Å². The molecule has 3 atom stereocenters. The van der Waals surface area contributed by atoms with E-state index in [2.05, 4.69) is 24.1 Å². The summed E-state index contributed by atoms with van der Waals surface area (Å²) >= 11 is 0. The smallest absolute Gasteiger partial charge is 0.336 e. The molecule has 1 amide bonds. The van der Waals surface area contributed by atoms with Crippen molar-refractivity contribution in [2.75, 3.05) is 13.7 Å². The Hall–Kier alpha value is -3.64. The Kier molecular flexibility index (Phi) is 20.8. The molecule has 0 fully saturated rings. The zero-order chi connectivity index (χ0) is 34.2.